The first-order chi connectivity index (χ1) is 10.1. The van der Waals surface area contributed by atoms with Crippen molar-refractivity contribution in [1.82, 2.24) is 5.32 Å². The second kappa shape index (κ2) is 7.48. The lowest BCUT2D eigenvalue weighted by atomic mass is 10.0. The molecule has 21 heavy (non-hydrogen) atoms. The van der Waals surface area contributed by atoms with Gasteiger partial charge >= 0.3 is 0 Å². The summed E-state index contributed by atoms with van der Waals surface area (Å²) in [6, 6.07) is 8.67. The van der Waals surface area contributed by atoms with Crippen LogP contribution in [0.15, 0.2) is 24.3 Å². The van der Waals surface area contributed by atoms with Crippen LogP contribution in [-0.2, 0) is 4.79 Å². The third-order valence-electron chi connectivity index (χ3n) is 4.57. The summed E-state index contributed by atoms with van der Waals surface area (Å²) in [4.78, 5) is 14.5. The molecular weight excluding hydrogens is 260 g/mol. The van der Waals surface area contributed by atoms with Crippen LogP contribution in [0.2, 0.25) is 0 Å². The Morgan fingerprint density at radius 2 is 2.14 bits per heavy atom. The minimum atomic E-state index is 0.180. The second-order valence-corrected chi connectivity index (χ2v) is 6.20. The number of nitrogens with one attached hydrogen (secondary N) is 1. The number of aryl methyl sites for hydroxylation is 1. The van der Waals surface area contributed by atoms with E-state index >= 15 is 0 Å². The van der Waals surface area contributed by atoms with Gasteiger partial charge in [-0.1, -0.05) is 26.0 Å². The first-order valence-electron chi connectivity index (χ1n) is 8.23. The Hall–Kier alpha value is -1.51. The van der Waals surface area contributed by atoms with Crippen molar-refractivity contribution in [2.24, 2.45) is 11.8 Å². The Morgan fingerprint density at radius 3 is 2.81 bits per heavy atom. The second-order valence-electron chi connectivity index (χ2n) is 6.20. The Balaban J connectivity index is 1.82. The number of rotatable bonds is 6. The van der Waals surface area contributed by atoms with E-state index < -0.39 is 0 Å². The molecule has 0 spiro atoms. The van der Waals surface area contributed by atoms with Crippen LogP contribution in [0.4, 0.5) is 5.69 Å². The van der Waals surface area contributed by atoms with Crippen LogP contribution < -0.4 is 10.2 Å². The third kappa shape index (κ3) is 4.23. The number of benzene rings is 1. The van der Waals surface area contributed by atoms with Crippen molar-refractivity contribution in [1.29, 1.82) is 0 Å². The van der Waals surface area contributed by atoms with E-state index in [-0.39, 0.29) is 11.8 Å². The van der Waals surface area contributed by atoms with Gasteiger partial charge < -0.3 is 10.2 Å². The Morgan fingerprint density at radius 1 is 1.38 bits per heavy atom. The maximum atomic E-state index is 12.0. The predicted octanol–water partition coefficient (Wildman–Crippen LogP) is 3.37. The molecule has 1 amide bonds. The van der Waals surface area contributed by atoms with Gasteiger partial charge in [-0.15, -0.1) is 0 Å². The van der Waals surface area contributed by atoms with Crippen LogP contribution in [0, 0.1) is 18.8 Å². The highest BCUT2D eigenvalue weighted by atomic mass is 16.1. The molecule has 1 heterocycles. The van der Waals surface area contributed by atoms with Gasteiger partial charge in [0.1, 0.15) is 0 Å². The molecule has 1 aliphatic rings. The van der Waals surface area contributed by atoms with E-state index in [0.29, 0.717) is 5.92 Å². The maximum absolute atomic E-state index is 12.0. The summed E-state index contributed by atoms with van der Waals surface area (Å²) in [7, 11) is 0. The molecule has 1 atom stereocenters. The third-order valence-corrected chi connectivity index (χ3v) is 4.57. The number of carbonyl (C=O) groups is 1. The Labute approximate surface area is 128 Å². The number of nitrogens with zero attached hydrogens (tertiary/aromatic N) is 1. The molecule has 0 aliphatic carbocycles. The van der Waals surface area contributed by atoms with E-state index in [1.807, 2.05) is 0 Å². The van der Waals surface area contributed by atoms with Crippen molar-refractivity contribution >= 4 is 11.6 Å². The highest BCUT2D eigenvalue weighted by molar-refractivity contribution is 5.78. The fourth-order valence-electron chi connectivity index (χ4n) is 3.11. The minimum absolute atomic E-state index is 0.180. The highest BCUT2D eigenvalue weighted by Crippen LogP contribution is 2.24. The molecule has 0 aromatic heterocycles. The molecule has 1 unspecified atom stereocenters. The van der Waals surface area contributed by atoms with Crippen LogP contribution in [0.25, 0.3) is 0 Å². The molecule has 3 heteroatoms. The molecule has 1 N–H and O–H groups in total. The topological polar surface area (TPSA) is 32.3 Å². The molecule has 0 bridgehead atoms. The molecule has 2 rings (SSSR count). The number of hydrogen-bond donors (Lipinski definition) is 1. The fourth-order valence-corrected chi connectivity index (χ4v) is 3.11. The van der Waals surface area contributed by atoms with E-state index in [2.05, 4.69) is 55.3 Å². The average molecular weight is 288 g/mol. The van der Waals surface area contributed by atoms with Crippen LogP contribution in [-0.4, -0.2) is 25.5 Å². The quantitative estimate of drug-likeness (QED) is 0.870. The Kier molecular flexibility index (Phi) is 5.66. The summed E-state index contributed by atoms with van der Waals surface area (Å²) in [5, 5.41) is 3.14. The molecule has 3 nitrogen and oxygen atoms in total. The minimum Gasteiger partial charge on any atom is -0.371 e. The summed E-state index contributed by atoms with van der Waals surface area (Å²) in [6.45, 7) is 9.26. The van der Waals surface area contributed by atoms with Crippen molar-refractivity contribution < 1.29 is 4.79 Å². The lowest BCUT2D eigenvalue weighted by Gasteiger charge is -2.20. The summed E-state index contributed by atoms with van der Waals surface area (Å²) >= 11 is 0. The zero-order chi connectivity index (χ0) is 15.2. The molecule has 1 saturated heterocycles. The van der Waals surface area contributed by atoms with Crippen molar-refractivity contribution in [3.8, 4) is 0 Å². The van der Waals surface area contributed by atoms with E-state index in [1.54, 1.807) is 0 Å². The van der Waals surface area contributed by atoms with Crippen molar-refractivity contribution in [2.75, 3.05) is 24.5 Å². The number of anilines is 1. The molecule has 1 aromatic carbocycles. The molecule has 0 saturated carbocycles. The molecular formula is C18H28N2O. The zero-order valence-electron chi connectivity index (χ0n) is 13.6. The largest absolute Gasteiger partial charge is 0.371 e. The molecule has 116 valence electrons. The highest BCUT2D eigenvalue weighted by Gasteiger charge is 2.24. The molecule has 1 fully saturated rings. The molecule has 1 aromatic rings. The molecule has 1 aliphatic heterocycles. The van der Waals surface area contributed by atoms with Crippen LogP contribution >= 0.6 is 0 Å². The van der Waals surface area contributed by atoms with Crippen molar-refractivity contribution in [2.45, 2.75) is 40.0 Å². The SMILES string of the molecule is CCC(CC)C(=O)NCC1CCN(c2cccc(C)c2)C1. The van der Waals surface area contributed by atoms with Crippen molar-refractivity contribution in [3.63, 3.8) is 0 Å². The van der Waals surface area contributed by atoms with E-state index in [4.69, 9.17) is 0 Å². The van der Waals surface area contributed by atoms with Crippen LogP contribution in [0.1, 0.15) is 38.7 Å². The molecule has 0 radical (unpaired) electrons. The van der Waals surface area contributed by atoms with Gasteiger partial charge in [-0.05, 0) is 49.8 Å². The summed E-state index contributed by atoms with van der Waals surface area (Å²) in [6.07, 6.45) is 3.03. The van der Waals surface area contributed by atoms with Crippen LogP contribution in [0.5, 0.6) is 0 Å². The van der Waals surface area contributed by atoms with Gasteiger partial charge in [0, 0.05) is 31.2 Å². The standard InChI is InChI=1S/C18H28N2O/c1-4-16(5-2)18(21)19-12-15-9-10-20(13-15)17-8-6-7-14(3)11-17/h6-8,11,15-16H,4-5,9-10,12-13H2,1-3H3,(H,19,21). The van der Waals surface area contributed by atoms with Gasteiger partial charge in [-0.25, -0.2) is 0 Å². The van der Waals surface area contributed by atoms with Gasteiger partial charge in [0.2, 0.25) is 5.91 Å². The van der Waals surface area contributed by atoms with E-state index in [0.717, 1.165) is 38.9 Å². The smallest absolute Gasteiger partial charge is 0.223 e. The number of amides is 1. The first kappa shape index (κ1) is 15.9. The number of carbonyl (C=O) groups excluding carboxylic acids is 1. The van der Waals surface area contributed by atoms with E-state index in [1.165, 1.54) is 11.3 Å². The fraction of sp³-hybridized carbons (Fsp3) is 0.611. The summed E-state index contributed by atoms with van der Waals surface area (Å²) in [5.74, 6) is 0.983. The van der Waals surface area contributed by atoms with Crippen LogP contribution in [0.3, 0.4) is 0 Å². The first-order valence-corrected chi connectivity index (χ1v) is 8.23. The van der Waals surface area contributed by atoms with Gasteiger partial charge in [-0.3, -0.25) is 4.79 Å². The maximum Gasteiger partial charge on any atom is 0.223 e. The van der Waals surface area contributed by atoms with Gasteiger partial charge in [0.05, 0.1) is 0 Å². The van der Waals surface area contributed by atoms with Crippen molar-refractivity contribution in [3.05, 3.63) is 29.8 Å². The predicted molar refractivity (Wildman–Crippen MR) is 88.6 cm³/mol. The normalized spacial score (nSPS) is 18.3. The van der Waals surface area contributed by atoms with E-state index in [9.17, 15) is 4.79 Å². The average Bonchev–Trinajstić information content (AvgIpc) is 2.95. The zero-order valence-corrected chi connectivity index (χ0v) is 13.6. The lowest BCUT2D eigenvalue weighted by Crippen LogP contribution is -2.35. The van der Waals surface area contributed by atoms with Gasteiger partial charge in [0.15, 0.2) is 0 Å². The van der Waals surface area contributed by atoms with Gasteiger partial charge in [0.25, 0.3) is 0 Å². The Bertz CT molecular complexity index is 468. The summed E-state index contributed by atoms with van der Waals surface area (Å²) in [5.41, 5.74) is 2.61. The number of hydrogen-bond acceptors (Lipinski definition) is 2. The summed E-state index contributed by atoms with van der Waals surface area (Å²) < 4.78 is 0. The monoisotopic (exact) mass is 288 g/mol. The van der Waals surface area contributed by atoms with Gasteiger partial charge in [-0.2, -0.15) is 0 Å². The lowest BCUT2D eigenvalue weighted by molar-refractivity contribution is -0.125.